The van der Waals surface area contributed by atoms with Crippen LogP contribution in [0.3, 0.4) is 0 Å². The SMILES string of the molecule is CN(C)C(=NCc1ccccc1)NCCOCc1ccccc1.I. The summed E-state index contributed by atoms with van der Waals surface area (Å²) in [4.78, 5) is 6.61. The Bertz CT molecular complexity index is 588. The summed E-state index contributed by atoms with van der Waals surface area (Å²) < 4.78 is 5.68. The molecule has 1 N–H and O–H groups in total. The number of rotatable bonds is 7. The summed E-state index contributed by atoms with van der Waals surface area (Å²) in [6.07, 6.45) is 0. The lowest BCUT2D eigenvalue weighted by atomic mass is 10.2. The first-order valence-electron chi connectivity index (χ1n) is 7.87. The molecule has 2 aromatic rings. The van der Waals surface area contributed by atoms with E-state index < -0.39 is 0 Å². The Hall–Kier alpha value is -1.60. The first-order chi connectivity index (χ1) is 11.3. The van der Waals surface area contributed by atoms with Crippen LogP contribution in [0.5, 0.6) is 0 Å². The Labute approximate surface area is 162 Å². The molecule has 0 aromatic heterocycles. The van der Waals surface area contributed by atoms with Crippen LogP contribution in [0.2, 0.25) is 0 Å². The quantitative estimate of drug-likeness (QED) is 0.311. The van der Waals surface area contributed by atoms with Crippen LogP contribution in [0.15, 0.2) is 65.7 Å². The molecular formula is C19H26IN3O. The van der Waals surface area contributed by atoms with Crippen molar-refractivity contribution in [1.82, 2.24) is 10.2 Å². The van der Waals surface area contributed by atoms with Gasteiger partial charge in [0.1, 0.15) is 0 Å². The minimum atomic E-state index is 0. The number of ether oxygens (including phenoxy) is 1. The number of nitrogens with zero attached hydrogens (tertiary/aromatic N) is 2. The van der Waals surface area contributed by atoms with Gasteiger partial charge in [-0.05, 0) is 11.1 Å². The highest BCUT2D eigenvalue weighted by Gasteiger charge is 2.01. The summed E-state index contributed by atoms with van der Waals surface area (Å²) in [5.74, 6) is 0.872. The van der Waals surface area contributed by atoms with Gasteiger partial charge in [-0.15, -0.1) is 24.0 Å². The van der Waals surface area contributed by atoms with Crippen LogP contribution in [0, 0.1) is 0 Å². The second-order valence-corrected chi connectivity index (χ2v) is 5.48. The number of hydrogen-bond acceptors (Lipinski definition) is 2. The fourth-order valence-electron chi connectivity index (χ4n) is 2.10. The summed E-state index contributed by atoms with van der Waals surface area (Å²) in [5.41, 5.74) is 2.40. The lowest BCUT2D eigenvalue weighted by Crippen LogP contribution is -2.38. The summed E-state index contributed by atoms with van der Waals surface area (Å²) >= 11 is 0. The molecule has 5 heteroatoms. The van der Waals surface area contributed by atoms with E-state index in [0.717, 1.165) is 12.5 Å². The van der Waals surface area contributed by atoms with Crippen LogP contribution in [0.4, 0.5) is 0 Å². The Morgan fingerprint density at radius 3 is 2.12 bits per heavy atom. The molecule has 0 saturated carbocycles. The summed E-state index contributed by atoms with van der Waals surface area (Å²) in [6, 6.07) is 20.4. The van der Waals surface area contributed by atoms with Gasteiger partial charge in [0.15, 0.2) is 5.96 Å². The van der Waals surface area contributed by atoms with Crippen molar-refractivity contribution in [1.29, 1.82) is 0 Å². The number of guanidine groups is 1. The topological polar surface area (TPSA) is 36.9 Å². The molecule has 0 bridgehead atoms. The van der Waals surface area contributed by atoms with E-state index in [2.05, 4.69) is 34.6 Å². The maximum absolute atomic E-state index is 5.68. The van der Waals surface area contributed by atoms with Crippen molar-refractivity contribution in [3.63, 3.8) is 0 Å². The maximum atomic E-state index is 5.68. The van der Waals surface area contributed by atoms with E-state index >= 15 is 0 Å². The largest absolute Gasteiger partial charge is 0.375 e. The van der Waals surface area contributed by atoms with E-state index in [4.69, 9.17) is 4.74 Å². The standard InChI is InChI=1S/C19H25N3O.HI/c1-22(2)19(21-15-17-9-5-3-6-10-17)20-13-14-23-16-18-11-7-4-8-12-18;/h3-12H,13-16H2,1-2H3,(H,20,21);1H. The highest BCUT2D eigenvalue weighted by atomic mass is 127. The molecule has 0 unspecified atom stereocenters. The molecule has 4 nitrogen and oxygen atoms in total. The van der Waals surface area contributed by atoms with E-state index in [0.29, 0.717) is 19.8 Å². The highest BCUT2D eigenvalue weighted by Crippen LogP contribution is 2.01. The van der Waals surface area contributed by atoms with Gasteiger partial charge in [0, 0.05) is 20.6 Å². The van der Waals surface area contributed by atoms with Gasteiger partial charge in [-0.1, -0.05) is 60.7 Å². The summed E-state index contributed by atoms with van der Waals surface area (Å²) in [7, 11) is 3.98. The van der Waals surface area contributed by atoms with Gasteiger partial charge in [-0.3, -0.25) is 0 Å². The third-order valence-corrected chi connectivity index (χ3v) is 3.32. The molecule has 0 aliphatic carbocycles. The maximum Gasteiger partial charge on any atom is 0.193 e. The lowest BCUT2D eigenvalue weighted by Gasteiger charge is -2.17. The lowest BCUT2D eigenvalue weighted by molar-refractivity contribution is 0.125. The zero-order chi connectivity index (χ0) is 16.3. The number of halogens is 1. The summed E-state index contributed by atoms with van der Waals surface area (Å²) in [6.45, 7) is 2.69. The van der Waals surface area contributed by atoms with Crippen LogP contribution in [0.25, 0.3) is 0 Å². The van der Waals surface area contributed by atoms with Gasteiger partial charge in [-0.25, -0.2) is 4.99 Å². The van der Waals surface area contributed by atoms with E-state index in [1.54, 1.807) is 0 Å². The predicted molar refractivity (Wildman–Crippen MR) is 111 cm³/mol. The van der Waals surface area contributed by atoms with Crippen LogP contribution < -0.4 is 5.32 Å². The normalized spacial score (nSPS) is 10.8. The van der Waals surface area contributed by atoms with E-state index in [9.17, 15) is 0 Å². The first kappa shape index (κ1) is 20.4. The molecule has 0 aliphatic rings. The molecule has 24 heavy (non-hydrogen) atoms. The second kappa shape index (κ2) is 11.9. The monoisotopic (exact) mass is 439 g/mol. The van der Waals surface area contributed by atoms with Gasteiger partial charge in [-0.2, -0.15) is 0 Å². The molecule has 2 aromatic carbocycles. The molecule has 0 fully saturated rings. The van der Waals surface area contributed by atoms with Crippen LogP contribution >= 0.6 is 24.0 Å². The molecule has 130 valence electrons. The van der Waals surface area contributed by atoms with Crippen molar-refractivity contribution < 1.29 is 4.74 Å². The molecule has 0 saturated heterocycles. The Balaban J connectivity index is 0.00000288. The van der Waals surface area contributed by atoms with E-state index in [1.165, 1.54) is 11.1 Å². The molecule has 2 rings (SSSR count). The van der Waals surface area contributed by atoms with Crippen molar-refractivity contribution in [2.24, 2.45) is 4.99 Å². The van der Waals surface area contributed by atoms with Gasteiger partial charge >= 0.3 is 0 Å². The predicted octanol–water partition coefficient (Wildman–Crippen LogP) is 3.53. The van der Waals surface area contributed by atoms with Crippen LogP contribution in [0.1, 0.15) is 11.1 Å². The van der Waals surface area contributed by atoms with Crippen molar-refractivity contribution in [2.75, 3.05) is 27.2 Å². The molecule has 0 aliphatic heterocycles. The first-order valence-corrected chi connectivity index (χ1v) is 7.87. The zero-order valence-electron chi connectivity index (χ0n) is 14.3. The van der Waals surface area contributed by atoms with Crippen LogP contribution in [-0.2, 0) is 17.9 Å². The minimum absolute atomic E-state index is 0. The average Bonchev–Trinajstić information content (AvgIpc) is 2.59. The zero-order valence-corrected chi connectivity index (χ0v) is 16.6. The molecular weight excluding hydrogens is 413 g/mol. The van der Waals surface area contributed by atoms with Crippen molar-refractivity contribution in [2.45, 2.75) is 13.2 Å². The molecule has 0 spiro atoms. The van der Waals surface area contributed by atoms with Gasteiger partial charge in [0.25, 0.3) is 0 Å². The third kappa shape index (κ3) is 7.79. The number of nitrogens with one attached hydrogen (secondary N) is 1. The smallest absolute Gasteiger partial charge is 0.193 e. The van der Waals surface area contributed by atoms with E-state index in [1.807, 2.05) is 55.4 Å². The van der Waals surface area contributed by atoms with Crippen molar-refractivity contribution in [3.8, 4) is 0 Å². The Morgan fingerprint density at radius 2 is 1.54 bits per heavy atom. The van der Waals surface area contributed by atoms with Gasteiger partial charge in [0.05, 0.1) is 19.8 Å². The number of aliphatic imine (C=N–C) groups is 1. The molecule has 0 radical (unpaired) electrons. The molecule has 0 amide bonds. The second-order valence-electron chi connectivity index (χ2n) is 5.48. The molecule has 0 heterocycles. The van der Waals surface area contributed by atoms with Gasteiger partial charge < -0.3 is 15.0 Å². The molecule has 0 atom stereocenters. The van der Waals surface area contributed by atoms with Gasteiger partial charge in [0.2, 0.25) is 0 Å². The summed E-state index contributed by atoms with van der Waals surface area (Å²) in [5, 5.41) is 3.33. The number of hydrogen-bond donors (Lipinski definition) is 1. The third-order valence-electron chi connectivity index (χ3n) is 3.32. The highest BCUT2D eigenvalue weighted by molar-refractivity contribution is 14.0. The fourth-order valence-corrected chi connectivity index (χ4v) is 2.10. The average molecular weight is 439 g/mol. The van der Waals surface area contributed by atoms with Crippen molar-refractivity contribution in [3.05, 3.63) is 71.8 Å². The van der Waals surface area contributed by atoms with Crippen molar-refractivity contribution >= 4 is 29.9 Å². The Morgan fingerprint density at radius 1 is 0.958 bits per heavy atom. The number of benzene rings is 2. The minimum Gasteiger partial charge on any atom is -0.375 e. The van der Waals surface area contributed by atoms with Crippen LogP contribution in [-0.4, -0.2) is 38.1 Å². The van der Waals surface area contributed by atoms with E-state index in [-0.39, 0.29) is 24.0 Å². The fraction of sp³-hybridized carbons (Fsp3) is 0.316. The Kier molecular flexibility index (Phi) is 10.1.